The van der Waals surface area contributed by atoms with E-state index >= 15 is 0 Å². The fourth-order valence-corrected chi connectivity index (χ4v) is 3.57. The molecule has 0 bridgehead atoms. The predicted molar refractivity (Wildman–Crippen MR) is 84.1 cm³/mol. The third-order valence-electron chi connectivity index (χ3n) is 4.77. The van der Waals surface area contributed by atoms with Crippen LogP contribution in [0.2, 0.25) is 0 Å². The molecule has 2 saturated heterocycles. The smallest absolute Gasteiger partial charge is 0.338 e. The number of hydrogen-bond donors (Lipinski definition) is 0. The second kappa shape index (κ2) is 6.07. The summed E-state index contributed by atoms with van der Waals surface area (Å²) >= 11 is 0. The van der Waals surface area contributed by atoms with E-state index < -0.39 is 35.7 Å². The summed E-state index contributed by atoms with van der Waals surface area (Å²) in [7, 11) is 0. The van der Waals surface area contributed by atoms with E-state index in [-0.39, 0.29) is 24.9 Å². The lowest BCUT2D eigenvalue weighted by Gasteiger charge is -2.32. The number of esters is 3. The Kier molecular flexibility index (Phi) is 3.96. The maximum Gasteiger partial charge on any atom is 0.338 e. The van der Waals surface area contributed by atoms with Crippen molar-refractivity contribution >= 4 is 17.9 Å². The first-order valence-corrected chi connectivity index (χ1v) is 8.32. The van der Waals surface area contributed by atoms with Gasteiger partial charge in [-0.2, -0.15) is 0 Å². The van der Waals surface area contributed by atoms with E-state index in [4.69, 9.17) is 23.7 Å². The summed E-state index contributed by atoms with van der Waals surface area (Å²) < 4.78 is 27.4. The Morgan fingerprint density at radius 2 is 1.73 bits per heavy atom. The van der Waals surface area contributed by atoms with Crippen LogP contribution >= 0.6 is 0 Å². The SMILES string of the molecule is CC(=O)O[C@H]1[C@@H]2O[C@@H]2[C@H]2O[C@@]2(COC(=O)c2ccccc2)[C@H]1OC(C)=O. The highest BCUT2D eigenvalue weighted by molar-refractivity contribution is 5.89. The minimum absolute atomic E-state index is 0.131. The summed E-state index contributed by atoms with van der Waals surface area (Å²) in [5.74, 6) is -1.58. The van der Waals surface area contributed by atoms with Gasteiger partial charge < -0.3 is 23.7 Å². The van der Waals surface area contributed by atoms with E-state index in [2.05, 4.69) is 0 Å². The molecule has 138 valence electrons. The maximum absolute atomic E-state index is 12.2. The monoisotopic (exact) mass is 362 g/mol. The van der Waals surface area contributed by atoms with Gasteiger partial charge in [-0.05, 0) is 12.1 Å². The van der Waals surface area contributed by atoms with Crippen molar-refractivity contribution in [1.29, 1.82) is 0 Å². The molecule has 2 heterocycles. The van der Waals surface area contributed by atoms with E-state index in [0.717, 1.165) is 0 Å². The molecular formula is C18H18O8. The van der Waals surface area contributed by atoms with E-state index in [0.29, 0.717) is 5.56 Å². The Morgan fingerprint density at radius 1 is 1.04 bits per heavy atom. The molecule has 0 aromatic heterocycles. The summed E-state index contributed by atoms with van der Waals surface area (Å²) in [6.07, 6.45) is -2.71. The van der Waals surface area contributed by atoms with Crippen molar-refractivity contribution in [1.82, 2.24) is 0 Å². The van der Waals surface area contributed by atoms with E-state index in [9.17, 15) is 14.4 Å². The van der Waals surface area contributed by atoms with Crippen molar-refractivity contribution in [3.63, 3.8) is 0 Å². The first-order valence-electron chi connectivity index (χ1n) is 8.32. The van der Waals surface area contributed by atoms with Gasteiger partial charge in [0.15, 0.2) is 17.8 Å². The molecule has 0 N–H and O–H groups in total. The summed E-state index contributed by atoms with van der Waals surface area (Å²) in [4.78, 5) is 35.2. The Bertz CT molecular complexity index is 747. The lowest BCUT2D eigenvalue weighted by molar-refractivity contribution is -0.175. The zero-order valence-electron chi connectivity index (χ0n) is 14.2. The molecular weight excluding hydrogens is 344 g/mol. The van der Waals surface area contributed by atoms with Crippen molar-refractivity contribution in [2.24, 2.45) is 0 Å². The molecule has 6 atom stereocenters. The van der Waals surface area contributed by atoms with E-state index in [1.54, 1.807) is 30.3 Å². The zero-order chi connectivity index (χ0) is 18.5. The number of epoxide rings is 2. The highest BCUT2D eigenvalue weighted by atomic mass is 16.7. The molecule has 0 amide bonds. The molecule has 26 heavy (non-hydrogen) atoms. The van der Waals surface area contributed by atoms with Crippen LogP contribution in [0.1, 0.15) is 24.2 Å². The van der Waals surface area contributed by atoms with Gasteiger partial charge in [-0.15, -0.1) is 0 Å². The molecule has 1 aliphatic carbocycles. The van der Waals surface area contributed by atoms with Gasteiger partial charge in [0.25, 0.3) is 0 Å². The van der Waals surface area contributed by atoms with Crippen LogP contribution in [-0.4, -0.2) is 60.6 Å². The number of hydrogen-bond acceptors (Lipinski definition) is 8. The Morgan fingerprint density at radius 3 is 2.38 bits per heavy atom. The molecule has 2 aliphatic heterocycles. The topological polar surface area (TPSA) is 104 Å². The summed E-state index contributed by atoms with van der Waals surface area (Å²) in [6, 6.07) is 8.52. The van der Waals surface area contributed by atoms with Gasteiger partial charge in [-0.1, -0.05) is 18.2 Å². The largest absolute Gasteiger partial charge is 0.459 e. The maximum atomic E-state index is 12.2. The van der Waals surface area contributed by atoms with Crippen LogP contribution < -0.4 is 0 Å². The Hall–Kier alpha value is -2.45. The lowest BCUT2D eigenvalue weighted by Crippen LogP contribution is -2.55. The van der Waals surface area contributed by atoms with Crippen LogP contribution in [0.25, 0.3) is 0 Å². The molecule has 0 spiro atoms. The molecule has 8 nitrogen and oxygen atoms in total. The molecule has 3 aliphatic rings. The van der Waals surface area contributed by atoms with Crippen LogP contribution in [0, 0.1) is 0 Å². The molecule has 4 rings (SSSR count). The zero-order valence-corrected chi connectivity index (χ0v) is 14.2. The average Bonchev–Trinajstić information content (AvgIpc) is 3.49. The minimum atomic E-state index is -1.06. The predicted octanol–water partition coefficient (Wildman–Crippen LogP) is 0.625. The van der Waals surface area contributed by atoms with Gasteiger partial charge in [-0.25, -0.2) is 4.79 Å². The number of benzene rings is 1. The number of fused-ring (bicyclic) bond motifs is 3. The first kappa shape index (κ1) is 17.0. The second-order valence-electron chi connectivity index (χ2n) is 6.60. The normalized spacial score (nSPS) is 36.2. The highest BCUT2D eigenvalue weighted by Gasteiger charge is 2.81. The van der Waals surface area contributed by atoms with Crippen LogP contribution in [0.4, 0.5) is 0 Å². The van der Waals surface area contributed by atoms with Gasteiger partial charge in [0, 0.05) is 13.8 Å². The fraction of sp³-hybridized carbons (Fsp3) is 0.500. The quantitative estimate of drug-likeness (QED) is 0.427. The molecule has 1 saturated carbocycles. The lowest BCUT2D eigenvalue weighted by atomic mass is 9.84. The van der Waals surface area contributed by atoms with Gasteiger partial charge >= 0.3 is 17.9 Å². The fourth-order valence-electron chi connectivity index (χ4n) is 3.57. The van der Waals surface area contributed by atoms with Crippen LogP contribution in [0.5, 0.6) is 0 Å². The average molecular weight is 362 g/mol. The number of carbonyl (C=O) groups excluding carboxylic acids is 3. The molecule has 1 aromatic rings. The summed E-state index contributed by atoms with van der Waals surface area (Å²) in [5.41, 5.74) is -0.661. The number of carbonyl (C=O) groups is 3. The molecule has 8 heteroatoms. The van der Waals surface area contributed by atoms with E-state index in [1.165, 1.54) is 13.8 Å². The molecule has 0 radical (unpaired) electrons. The van der Waals surface area contributed by atoms with Crippen LogP contribution in [0.15, 0.2) is 30.3 Å². The van der Waals surface area contributed by atoms with Crippen LogP contribution in [-0.2, 0) is 33.3 Å². The van der Waals surface area contributed by atoms with Gasteiger partial charge in [0.2, 0.25) is 0 Å². The van der Waals surface area contributed by atoms with Crippen LogP contribution in [0.3, 0.4) is 0 Å². The third kappa shape index (κ3) is 2.85. The van der Waals surface area contributed by atoms with Crippen molar-refractivity contribution < 1.29 is 38.1 Å². The van der Waals surface area contributed by atoms with Gasteiger partial charge in [-0.3, -0.25) is 9.59 Å². The molecule has 1 aromatic carbocycles. The summed E-state index contributed by atoms with van der Waals surface area (Å²) in [5, 5.41) is 0. The van der Waals surface area contributed by atoms with Crippen molar-refractivity contribution in [2.75, 3.05) is 6.61 Å². The molecule has 0 unspecified atom stereocenters. The second-order valence-corrected chi connectivity index (χ2v) is 6.60. The molecule has 3 fully saturated rings. The number of rotatable bonds is 5. The van der Waals surface area contributed by atoms with Gasteiger partial charge in [0.05, 0.1) is 5.56 Å². The van der Waals surface area contributed by atoms with E-state index in [1.807, 2.05) is 0 Å². The van der Waals surface area contributed by atoms with Gasteiger partial charge in [0.1, 0.15) is 24.9 Å². The standard InChI is InChI=1S/C18H18O8/c1-9(19)23-13-12-14(25-12)16-18(26-16,15(13)24-10(2)20)8-22-17(21)11-6-4-3-5-7-11/h3-7,12-16H,8H2,1-2H3/t12-,13-,14-,15-,16+,18-/m0/s1. The summed E-state index contributed by atoms with van der Waals surface area (Å²) in [6.45, 7) is 2.39. The van der Waals surface area contributed by atoms with Crippen molar-refractivity contribution in [3.05, 3.63) is 35.9 Å². The Balaban J connectivity index is 1.52. The van der Waals surface area contributed by atoms with Crippen molar-refractivity contribution in [2.45, 2.75) is 50.0 Å². The Labute approximate surface area is 149 Å². The number of ether oxygens (including phenoxy) is 5. The first-order chi connectivity index (χ1) is 12.4. The minimum Gasteiger partial charge on any atom is -0.459 e. The van der Waals surface area contributed by atoms with Crippen molar-refractivity contribution in [3.8, 4) is 0 Å². The third-order valence-corrected chi connectivity index (χ3v) is 4.77. The highest BCUT2D eigenvalue weighted by Crippen LogP contribution is 2.57.